The molecule has 1 aliphatic carbocycles. The molecule has 196 valence electrons. The van der Waals surface area contributed by atoms with Gasteiger partial charge in [-0.25, -0.2) is 0 Å². The van der Waals surface area contributed by atoms with Crippen molar-refractivity contribution in [2.24, 2.45) is 11.8 Å². The van der Waals surface area contributed by atoms with Crippen LogP contribution in [0.2, 0.25) is 0 Å². The van der Waals surface area contributed by atoms with Crippen LogP contribution in [0.15, 0.2) is 0 Å². The lowest BCUT2D eigenvalue weighted by Gasteiger charge is -2.26. The topological polar surface area (TPSA) is 118 Å². The Morgan fingerprint density at radius 2 is 1.52 bits per heavy atom. The Balaban J connectivity index is 2.19. The van der Waals surface area contributed by atoms with Gasteiger partial charge in [0.05, 0.1) is 23.7 Å². The van der Waals surface area contributed by atoms with E-state index < -0.39 is 23.6 Å². The van der Waals surface area contributed by atoms with Gasteiger partial charge in [0, 0.05) is 6.61 Å². The summed E-state index contributed by atoms with van der Waals surface area (Å²) in [4.78, 5) is 11.7. The van der Waals surface area contributed by atoms with Crippen molar-refractivity contribution in [2.75, 3.05) is 6.61 Å². The monoisotopic (exact) mass is 472 g/mol. The number of aliphatic hydroxyl groups is 4. The molecule has 0 heterocycles. The smallest absolute Gasteiger partial charge is 0.309 e. The van der Waals surface area contributed by atoms with Gasteiger partial charge in [-0.15, -0.1) is 0 Å². The summed E-state index contributed by atoms with van der Waals surface area (Å²) in [6, 6.07) is 0. The maximum atomic E-state index is 11.7. The predicted octanol–water partition coefficient (Wildman–Crippen LogP) is 5.19. The molecule has 0 unspecified atom stereocenters. The first-order valence-corrected chi connectivity index (χ1v) is 13.7. The van der Waals surface area contributed by atoms with Crippen LogP contribution < -0.4 is 0 Å². The minimum atomic E-state index is -0.958. The van der Waals surface area contributed by atoms with E-state index in [1.807, 2.05) is 0 Å². The quantitative estimate of drug-likeness (QED) is 0.147. The second-order valence-electron chi connectivity index (χ2n) is 10.6. The molecule has 1 rings (SSSR count). The van der Waals surface area contributed by atoms with E-state index in [0.717, 1.165) is 64.2 Å². The van der Waals surface area contributed by atoms with E-state index in [2.05, 4.69) is 6.92 Å². The zero-order chi connectivity index (χ0) is 24.5. The van der Waals surface area contributed by atoms with Crippen LogP contribution >= 0.6 is 0 Å². The first-order chi connectivity index (χ1) is 15.8. The molecule has 0 aromatic carbocycles. The van der Waals surface area contributed by atoms with Crippen LogP contribution in [-0.4, -0.2) is 55.9 Å². The van der Waals surface area contributed by atoms with E-state index in [4.69, 9.17) is 5.11 Å². The Morgan fingerprint density at radius 3 is 2.09 bits per heavy atom. The fourth-order valence-corrected chi connectivity index (χ4v) is 5.39. The minimum absolute atomic E-state index is 0.174. The van der Waals surface area contributed by atoms with E-state index in [-0.39, 0.29) is 12.7 Å². The molecule has 5 N–H and O–H groups in total. The maximum absolute atomic E-state index is 11.7. The Morgan fingerprint density at radius 1 is 0.909 bits per heavy atom. The van der Waals surface area contributed by atoms with Gasteiger partial charge in [0.2, 0.25) is 0 Å². The molecule has 0 radical (unpaired) electrons. The van der Waals surface area contributed by atoms with Crippen LogP contribution in [0.25, 0.3) is 0 Å². The van der Waals surface area contributed by atoms with Crippen molar-refractivity contribution in [1.29, 1.82) is 0 Å². The molecule has 6 heteroatoms. The SMILES string of the molecule is CCCCCCC[C@H](O)CCCCCC[C@H](C(=O)O)[C@H](O)CC[C@]1(O)CC[C@@H](CCCO)C1. The van der Waals surface area contributed by atoms with E-state index in [9.17, 15) is 25.2 Å². The van der Waals surface area contributed by atoms with Gasteiger partial charge in [0.25, 0.3) is 0 Å². The van der Waals surface area contributed by atoms with E-state index in [0.29, 0.717) is 38.0 Å². The summed E-state index contributed by atoms with van der Waals surface area (Å²) in [5.41, 5.74) is -0.805. The van der Waals surface area contributed by atoms with Crippen molar-refractivity contribution >= 4 is 5.97 Å². The van der Waals surface area contributed by atoms with Crippen LogP contribution in [0.5, 0.6) is 0 Å². The van der Waals surface area contributed by atoms with Crippen LogP contribution in [0, 0.1) is 11.8 Å². The molecular formula is C27H52O6. The molecule has 0 amide bonds. The summed E-state index contributed by atoms with van der Waals surface area (Å²) in [6.45, 7) is 2.37. The van der Waals surface area contributed by atoms with Gasteiger partial charge in [-0.1, -0.05) is 64.7 Å². The highest BCUT2D eigenvalue weighted by Crippen LogP contribution is 2.40. The van der Waals surface area contributed by atoms with Crippen molar-refractivity contribution in [1.82, 2.24) is 0 Å². The molecule has 6 nitrogen and oxygen atoms in total. The predicted molar refractivity (Wildman–Crippen MR) is 132 cm³/mol. The zero-order valence-electron chi connectivity index (χ0n) is 21.1. The summed E-state index contributed by atoms with van der Waals surface area (Å²) in [5.74, 6) is -1.33. The molecule has 0 aliphatic heterocycles. The van der Waals surface area contributed by atoms with Crippen molar-refractivity contribution in [2.45, 2.75) is 147 Å². The number of unbranched alkanes of at least 4 members (excludes halogenated alkanes) is 7. The standard InChI is InChI=1S/C27H52O6/c1-2-3-4-5-8-13-23(29)14-9-6-7-10-15-24(26(31)32)25(30)17-19-27(33)18-16-22(21-27)12-11-20-28/h22-25,28-30,33H,2-21H2,1H3,(H,31,32)/t22-,23+,24+,25-,27-/m1/s1. The number of aliphatic hydroxyl groups excluding tert-OH is 3. The lowest BCUT2D eigenvalue weighted by atomic mass is 9.87. The van der Waals surface area contributed by atoms with Gasteiger partial charge in [0.15, 0.2) is 0 Å². The van der Waals surface area contributed by atoms with Gasteiger partial charge in [-0.2, -0.15) is 0 Å². The van der Waals surface area contributed by atoms with Gasteiger partial charge in [-0.3, -0.25) is 4.79 Å². The van der Waals surface area contributed by atoms with Crippen molar-refractivity contribution in [3.63, 3.8) is 0 Å². The molecule has 0 spiro atoms. The Labute approximate surface area is 201 Å². The summed E-state index contributed by atoms with van der Waals surface area (Å²) >= 11 is 0. The number of hydrogen-bond donors (Lipinski definition) is 5. The third-order valence-electron chi connectivity index (χ3n) is 7.59. The first-order valence-electron chi connectivity index (χ1n) is 13.7. The van der Waals surface area contributed by atoms with Crippen molar-refractivity contribution in [3.05, 3.63) is 0 Å². The number of carboxylic acids is 1. The summed E-state index contributed by atoms with van der Waals surface area (Å²) in [7, 11) is 0. The molecule has 33 heavy (non-hydrogen) atoms. The molecule has 1 saturated carbocycles. The van der Waals surface area contributed by atoms with Crippen molar-refractivity contribution < 1.29 is 30.3 Å². The second kappa shape index (κ2) is 17.7. The third kappa shape index (κ3) is 13.7. The molecule has 1 fully saturated rings. The molecule has 0 saturated heterocycles. The van der Waals surface area contributed by atoms with Crippen molar-refractivity contribution in [3.8, 4) is 0 Å². The summed E-state index contributed by atoms with van der Waals surface area (Å²) < 4.78 is 0. The van der Waals surface area contributed by atoms with Crippen LogP contribution in [-0.2, 0) is 4.79 Å². The number of rotatable bonds is 21. The Hall–Kier alpha value is -0.690. The van der Waals surface area contributed by atoms with Gasteiger partial charge in [0.1, 0.15) is 0 Å². The van der Waals surface area contributed by atoms with Gasteiger partial charge >= 0.3 is 5.97 Å². The normalized spacial score (nSPS) is 23.5. The van der Waals surface area contributed by atoms with E-state index in [1.54, 1.807) is 0 Å². The highest BCUT2D eigenvalue weighted by atomic mass is 16.4. The fourth-order valence-electron chi connectivity index (χ4n) is 5.39. The largest absolute Gasteiger partial charge is 0.481 e. The molecule has 0 aromatic heterocycles. The average Bonchev–Trinajstić information content (AvgIpc) is 3.16. The van der Waals surface area contributed by atoms with Gasteiger partial charge in [-0.05, 0) is 70.1 Å². The highest BCUT2D eigenvalue weighted by Gasteiger charge is 2.38. The number of carbonyl (C=O) groups is 1. The van der Waals surface area contributed by atoms with E-state index in [1.165, 1.54) is 25.7 Å². The zero-order valence-corrected chi connectivity index (χ0v) is 21.1. The van der Waals surface area contributed by atoms with Crippen LogP contribution in [0.1, 0.15) is 129 Å². The lowest BCUT2D eigenvalue weighted by molar-refractivity contribution is -0.146. The Bertz CT molecular complexity index is 499. The maximum Gasteiger partial charge on any atom is 0.309 e. The fraction of sp³-hybridized carbons (Fsp3) is 0.963. The molecule has 5 atom stereocenters. The minimum Gasteiger partial charge on any atom is -0.481 e. The molecular weight excluding hydrogens is 420 g/mol. The Kier molecular flexibility index (Phi) is 16.3. The highest BCUT2D eigenvalue weighted by molar-refractivity contribution is 5.70. The molecule has 0 bridgehead atoms. The average molecular weight is 473 g/mol. The second-order valence-corrected chi connectivity index (χ2v) is 10.6. The number of aliphatic carboxylic acids is 1. The van der Waals surface area contributed by atoms with E-state index >= 15 is 0 Å². The van der Waals surface area contributed by atoms with Crippen LogP contribution in [0.3, 0.4) is 0 Å². The third-order valence-corrected chi connectivity index (χ3v) is 7.59. The first kappa shape index (κ1) is 30.3. The molecule has 0 aromatic rings. The summed E-state index contributed by atoms with van der Waals surface area (Å²) in [5, 5.41) is 49.9. The number of hydrogen-bond acceptors (Lipinski definition) is 5. The molecule has 1 aliphatic rings. The lowest BCUT2D eigenvalue weighted by Crippen LogP contribution is -2.32. The van der Waals surface area contributed by atoms with Crippen LogP contribution in [0.4, 0.5) is 0 Å². The van der Waals surface area contributed by atoms with Gasteiger partial charge < -0.3 is 25.5 Å². The summed E-state index contributed by atoms with van der Waals surface area (Å²) in [6.07, 6.45) is 15.4. The number of carboxylic acid groups (broad SMARTS) is 1.